The Hall–Kier alpha value is -11.8. The summed E-state index contributed by atoms with van der Waals surface area (Å²) in [6.07, 6.45) is 0. The highest BCUT2D eigenvalue weighted by Crippen LogP contribution is 2.50. The van der Waals surface area contributed by atoms with E-state index in [4.69, 9.17) is 0 Å². The van der Waals surface area contributed by atoms with E-state index >= 15 is 0 Å². The number of para-hydroxylation sites is 3. The molecular weight excluding hydrogens is 1190 g/mol. The van der Waals surface area contributed by atoms with Crippen molar-refractivity contribution in [2.75, 3.05) is 14.7 Å². The number of nitrogens with zero attached hydrogens (tertiary/aromatic N) is 3. The second kappa shape index (κ2) is 24.9. The first-order valence-electron chi connectivity index (χ1n) is 33.3. The van der Waals surface area contributed by atoms with Gasteiger partial charge in [0.2, 0.25) is 0 Å². The number of fused-ring (bicyclic) bond motifs is 4. The van der Waals surface area contributed by atoms with Gasteiger partial charge in [-0.3, -0.25) is 0 Å². The maximum atomic E-state index is 2.65. The first-order chi connectivity index (χ1) is 47.7. The molecule has 0 spiro atoms. The Morgan fingerprint density at radius 3 is 1.06 bits per heavy atom. The minimum absolute atomic E-state index is 0.222. The van der Waals surface area contributed by atoms with Crippen LogP contribution in [-0.2, 0) is 0 Å². The molecule has 0 unspecified atom stereocenters. The van der Waals surface area contributed by atoms with Crippen LogP contribution in [0, 0.1) is 0 Å². The molecule has 15 aromatic rings. The van der Waals surface area contributed by atoms with Crippen LogP contribution in [0.4, 0.5) is 51.2 Å². The van der Waals surface area contributed by atoms with Crippen LogP contribution < -0.4 is 72.6 Å². The van der Waals surface area contributed by atoms with E-state index in [1.807, 2.05) is 0 Å². The molecule has 0 bridgehead atoms. The van der Waals surface area contributed by atoms with E-state index in [0.29, 0.717) is 0 Å². The summed E-state index contributed by atoms with van der Waals surface area (Å²) in [6, 6.07) is 150. The average Bonchev–Trinajstić information content (AvgIpc) is 0.694. The van der Waals surface area contributed by atoms with Gasteiger partial charge in [-0.2, -0.15) is 0 Å². The second-order valence-corrected chi connectivity index (χ2v) is 32.7. The molecule has 2 aliphatic rings. The summed E-state index contributed by atoms with van der Waals surface area (Å²) in [5.74, 6) is 0. The van der Waals surface area contributed by atoms with E-state index in [0.717, 1.165) is 67.9 Å². The number of benzene rings is 15. The molecule has 0 saturated carbocycles. The smallest absolute Gasteiger partial charge is 0.252 e. The summed E-state index contributed by atoms with van der Waals surface area (Å²) in [6.45, 7) is -0.222. The van der Waals surface area contributed by atoms with Gasteiger partial charge in [0.15, 0.2) is 16.1 Å². The number of hydrogen-bond donors (Lipinski definition) is 0. The van der Waals surface area contributed by atoms with Gasteiger partial charge in [-0.05, 0) is 141 Å². The minimum atomic E-state index is -3.09. The van der Waals surface area contributed by atoms with E-state index in [2.05, 4.69) is 415 Å². The van der Waals surface area contributed by atoms with Crippen molar-refractivity contribution in [3.8, 4) is 22.3 Å². The predicted octanol–water partition coefficient (Wildman–Crippen LogP) is 15.3. The van der Waals surface area contributed by atoms with E-state index < -0.39 is 16.1 Å². The highest BCUT2D eigenvalue weighted by molar-refractivity contribution is 7.20. The molecule has 0 aromatic heterocycles. The van der Waals surface area contributed by atoms with Crippen molar-refractivity contribution in [3.63, 3.8) is 0 Å². The standard InChI is InChI=1S/C90H66BN3Si2/c1-11-33-67(34-12-1)69-55-61-83-87(63-69)93(72-56-58-80(59-57-72)95(74-41-19-5-20-42-74,75-43-21-6-22-44-75)76-45-23-7-24-46-76)88-64-73(92(70-37-15-3-16-38-70)71-39-17-4-18-40-71)65-89-90(88)91(83)84-66-81(60-62-86(84)94(89)85-54-32-31-53-82(85)68-35-13-2-14-36-68)96(77-47-25-8-26-48-77,78-49-27-9-28-50-78)79-51-29-10-30-52-79/h1-66H. The third-order valence-corrected chi connectivity index (χ3v) is 29.5. The predicted molar refractivity (Wildman–Crippen MR) is 413 cm³/mol. The fourth-order valence-corrected chi connectivity index (χ4v) is 25.3. The Morgan fingerprint density at radius 1 is 0.219 bits per heavy atom. The third-order valence-electron chi connectivity index (χ3n) is 19.9. The zero-order valence-electron chi connectivity index (χ0n) is 53.0. The number of rotatable bonds is 15. The largest absolute Gasteiger partial charge is 0.311 e. The zero-order valence-corrected chi connectivity index (χ0v) is 55.0. The van der Waals surface area contributed by atoms with Gasteiger partial charge in [0, 0.05) is 45.4 Å². The van der Waals surface area contributed by atoms with Gasteiger partial charge < -0.3 is 14.7 Å². The zero-order chi connectivity index (χ0) is 63.8. The summed E-state index contributed by atoms with van der Waals surface area (Å²) >= 11 is 0. The molecule has 6 heteroatoms. The van der Waals surface area contributed by atoms with Gasteiger partial charge in [-0.15, -0.1) is 0 Å². The molecule has 2 aliphatic heterocycles. The Kier molecular flexibility index (Phi) is 15.1. The molecular formula is C90H66BN3Si2. The van der Waals surface area contributed by atoms with E-state index in [1.165, 1.54) is 63.4 Å². The molecule has 0 saturated heterocycles. The summed E-state index contributed by atoms with van der Waals surface area (Å²) in [5.41, 5.74) is 18.2. The van der Waals surface area contributed by atoms with Crippen molar-refractivity contribution in [2.45, 2.75) is 0 Å². The molecule has 17 rings (SSSR count). The maximum absolute atomic E-state index is 3.09. The number of anilines is 9. The average molecular weight is 1260 g/mol. The number of hydrogen-bond acceptors (Lipinski definition) is 3. The molecule has 0 radical (unpaired) electrons. The molecule has 452 valence electrons. The Bertz CT molecular complexity index is 4980. The van der Waals surface area contributed by atoms with Crippen LogP contribution in [-0.4, -0.2) is 22.9 Å². The monoisotopic (exact) mass is 1260 g/mol. The molecule has 2 heterocycles. The Morgan fingerprint density at radius 2 is 0.594 bits per heavy atom. The molecule has 3 nitrogen and oxygen atoms in total. The normalized spacial score (nSPS) is 12.3. The van der Waals surface area contributed by atoms with Gasteiger partial charge in [0.25, 0.3) is 6.71 Å². The van der Waals surface area contributed by atoms with Gasteiger partial charge in [0.1, 0.15) is 0 Å². The Balaban J connectivity index is 1.00. The van der Waals surface area contributed by atoms with Crippen molar-refractivity contribution in [1.82, 2.24) is 0 Å². The molecule has 0 N–H and O–H groups in total. The lowest BCUT2D eigenvalue weighted by Crippen LogP contribution is -2.75. The summed E-state index contributed by atoms with van der Waals surface area (Å²) < 4.78 is 0. The first-order valence-corrected chi connectivity index (χ1v) is 37.3. The highest BCUT2D eigenvalue weighted by atomic mass is 28.3. The van der Waals surface area contributed by atoms with Crippen LogP contribution in [0.15, 0.2) is 400 Å². The lowest BCUT2D eigenvalue weighted by atomic mass is 9.33. The summed E-state index contributed by atoms with van der Waals surface area (Å²) in [4.78, 5) is 7.68. The van der Waals surface area contributed by atoms with Gasteiger partial charge >= 0.3 is 0 Å². The van der Waals surface area contributed by atoms with E-state index in [1.54, 1.807) is 0 Å². The van der Waals surface area contributed by atoms with Crippen LogP contribution in [0.2, 0.25) is 0 Å². The maximum Gasteiger partial charge on any atom is 0.252 e. The topological polar surface area (TPSA) is 9.72 Å². The van der Waals surface area contributed by atoms with Crippen molar-refractivity contribution in [1.29, 1.82) is 0 Å². The highest BCUT2D eigenvalue weighted by Gasteiger charge is 2.48. The SMILES string of the molecule is c1ccc(-c2ccc3c(c2)N(c2ccc([Si](c4ccccc4)(c4ccccc4)c4ccccc4)cc2)c2cc(N(c4ccccc4)c4ccccc4)cc4c2B3c2cc([Si](c3ccccc3)(c3ccccc3)c3ccccc3)ccc2N4c2ccccc2-c2ccccc2)cc1. The van der Waals surface area contributed by atoms with Crippen molar-refractivity contribution < 1.29 is 0 Å². The van der Waals surface area contributed by atoms with Gasteiger partial charge in [-0.1, -0.05) is 334 Å². The van der Waals surface area contributed by atoms with Crippen molar-refractivity contribution >= 4 is 132 Å². The Labute approximate surface area is 565 Å². The van der Waals surface area contributed by atoms with Crippen molar-refractivity contribution in [3.05, 3.63) is 400 Å². The van der Waals surface area contributed by atoms with Crippen LogP contribution in [0.5, 0.6) is 0 Å². The molecule has 0 aliphatic carbocycles. The fraction of sp³-hybridized carbons (Fsp3) is 0. The molecule has 15 aromatic carbocycles. The van der Waals surface area contributed by atoms with Crippen molar-refractivity contribution in [2.24, 2.45) is 0 Å². The fourth-order valence-electron chi connectivity index (χ4n) is 15.8. The molecule has 96 heavy (non-hydrogen) atoms. The van der Waals surface area contributed by atoms with Gasteiger partial charge in [0.05, 0.1) is 11.4 Å². The molecule has 0 atom stereocenters. The van der Waals surface area contributed by atoms with E-state index in [9.17, 15) is 0 Å². The molecule has 0 amide bonds. The van der Waals surface area contributed by atoms with Crippen LogP contribution in [0.3, 0.4) is 0 Å². The quantitative estimate of drug-likeness (QED) is 0.0748. The van der Waals surface area contributed by atoms with Gasteiger partial charge in [-0.25, -0.2) is 0 Å². The summed E-state index contributed by atoms with van der Waals surface area (Å²) in [5, 5.41) is 10.7. The van der Waals surface area contributed by atoms with E-state index in [-0.39, 0.29) is 6.71 Å². The van der Waals surface area contributed by atoms with Crippen LogP contribution in [0.25, 0.3) is 22.3 Å². The lowest BCUT2D eigenvalue weighted by Gasteiger charge is -2.46. The second-order valence-electron chi connectivity index (χ2n) is 25.0. The third kappa shape index (κ3) is 9.80. The minimum Gasteiger partial charge on any atom is -0.311 e. The summed E-state index contributed by atoms with van der Waals surface area (Å²) in [7, 11) is -6.02. The first kappa shape index (κ1) is 58.1. The lowest BCUT2D eigenvalue weighted by molar-refractivity contribution is 1.23. The van der Waals surface area contributed by atoms with Crippen LogP contribution in [0.1, 0.15) is 0 Å². The van der Waals surface area contributed by atoms with Crippen LogP contribution >= 0.6 is 0 Å². The molecule has 0 fully saturated rings.